The molecular weight excluding hydrogens is 376 g/mol. The number of aromatic hydroxyl groups is 1. The summed E-state index contributed by atoms with van der Waals surface area (Å²) in [6.07, 6.45) is -1.53. The molecule has 2 aromatic rings. The lowest BCUT2D eigenvalue weighted by atomic mass is 10.0. The summed E-state index contributed by atoms with van der Waals surface area (Å²) in [5.41, 5.74) is 0.353. The second-order valence-corrected chi connectivity index (χ2v) is 6.95. The first kappa shape index (κ1) is 20.0. The molecular formula is C19H20F4N4O. The molecule has 28 heavy (non-hydrogen) atoms. The van der Waals surface area contributed by atoms with E-state index in [0.29, 0.717) is 29.5 Å². The lowest BCUT2D eigenvalue weighted by Crippen LogP contribution is -2.14. The molecule has 0 radical (unpaired) electrons. The van der Waals surface area contributed by atoms with Crippen LogP contribution in [0.2, 0.25) is 0 Å². The van der Waals surface area contributed by atoms with Gasteiger partial charge in [-0.3, -0.25) is 0 Å². The predicted octanol–water partition coefficient (Wildman–Crippen LogP) is 4.61. The molecule has 150 valence electrons. The SMILES string of the molecule is Cc1nc(-c2cc(F)c(O)cc2CC(F)(F)F)nc(NCCC2CC2)c1C=N. The summed E-state index contributed by atoms with van der Waals surface area (Å²) < 4.78 is 52.7. The first-order valence-corrected chi connectivity index (χ1v) is 8.89. The van der Waals surface area contributed by atoms with Crippen molar-refractivity contribution in [1.29, 1.82) is 5.41 Å². The highest BCUT2D eigenvalue weighted by atomic mass is 19.4. The smallest absolute Gasteiger partial charge is 0.393 e. The van der Waals surface area contributed by atoms with Gasteiger partial charge in [0.2, 0.25) is 0 Å². The second-order valence-electron chi connectivity index (χ2n) is 6.95. The zero-order valence-electron chi connectivity index (χ0n) is 15.2. The Bertz CT molecular complexity index is 894. The number of aromatic nitrogens is 2. The minimum Gasteiger partial charge on any atom is -0.505 e. The third-order valence-corrected chi connectivity index (χ3v) is 4.63. The largest absolute Gasteiger partial charge is 0.505 e. The number of hydrogen-bond acceptors (Lipinski definition) is 5. The Morgan fingerprint density at radius 1 is 1.29 bits per heavy atom. The topological polar surface area (TPSA) is 81.9 Å². The molecule has 1 aliphatic carbocycles. The van der Waals surface area contributed by atoms with Crippen molar-refractivity contribution in [3.05, 3.63) is 34.8 Å². The fraction of sp³-hybridized carbons (Fsp3) is 0.421. The molecule has 0 aliphatic heterocycles. The Hall–Kier alpha value is -2.71. The van der Waals surface area contributed by atoms with Crippen molar-refractivity contribution < 1.29 is 22.7 Å². The number of halogens is 4. The van der Waals surface area contributed by atoms with Crippen LogP contribution in [0.5, 0.6) is 5.75 Å². The van der Waals surface area contributed by atoms with Crippen molar-refractivity contribution >= 4 is 12.0 Å². The van der Waals surface area contributed by atoms with E-state index in [1.54, 1.807) is 6.92 Å². The van der Waals surface area contributed by atoms with Gasteiger partial charge in [-0.15, -0.1) is 0 Å². The van der Waals surface area contributed by atoms with E-state index in [-0.39, 0.29) is 17.0 Å². The summed E-state index contributed by atoms with van der Waals surface area (Å²) in [4.78, 5) is 8.44. The van der Waals surface area contributed by atoms with Crippen LogP contribution in [0.3, 0.4) is 0 Å². The lowest BCUT2D eigenvalue weighted by molar-refractivity contribution is -0.127. The standard InChI is InChI=1S/C19H20F4N4O/c1-10-14(9-24)17(25-5-4-11-2-3-11)27-18(26-10)13-7-15(20)16(28)6-12(13)8-19(21,22)23/h6-7,9,11,24,28H,2-5,8H2,1H3,(H,25,26,27). The molecule has 0 unspecified atom stereocenters. The number of hydrogen-bond donors (Lipinski definition) is 3. The molecule has 3 N–H and O–H groups in total. The van der Waals surface area contributed by atoms with Crippen molar-refractivity contribution in [2.24, 2.45) is 5.92 Å². The molecule has 0 spiro atoms. The summed E-state index contributed by atoms with van der Waals surface area (Å²) in [7, 11) is 0. The quantitative estimate of drug-likeness (QED) is 0.472. The molecule has 9 heteroatoms. The maximum Gasteiger partial charge on any atom is 0.393 e. The Kier molecular flexibility index (Phi) is 5.53. The maximum absolute atomic E-state index is 13.9. The van der Waals surface area contributed by atoms with Gasteiger partial charge in [-0.25, -0.2) is 14.4 Å². The van der Waals surface area contributed by atoms with E-state index in [0.717, 1.165) is 24.8 Å². The van der Waals surface area contributed by atoms with Crippen LogP contribution in [0.4, 0.5) is 23.4 Å². The number of benzene rings is 1. The number of anilines is 1. The van der Waals surface area contributed by atoms with Crippen LogP contribution < -0.4 is 5.32 Å². The molecule has 0 saturated heterocycles. The maximum atomic E-state index is 13.9. The number of phenolic OH excluding ortho intramolecular Hbond substituents is 1. The minimum atomic E-state index is -4.55. The van der Waals surface area contributed by atoms with Crippen LogP contribution in [0.1, 0.15) is 36.1 Å². The number of alkyl halides is 3. The average molecular weight is 396 g/mol. The molecule has 0 amide bonds. The van der Waals surface area contributed by atoms with Gasteiger partial charge in [-0.2, -0.15) is 13.2 Å². The van der Waals surface area contributed by atoms with Gasteiger partial charge in [0.15, 0.2) is 17.4 Å². The predicted molar refractivity (Wildman–Crippen MR) is 97.3 cm³/mol. The van der Waals surface area contributed by atoms with Gasteiger partial charge in [-0.1, -0.05) is 12.8 Å². The molecule has 1 aromatic carbocycles. The highest BCUT2D eigenvalue weighted by Crippen LogP contribution is 2.34. The van der Waals surface area contributed by atoms with Gasteiger partial charge in [0.25, 0.3) is 0 Å². The van der Waals surface area contributed by atoms with Gasteiger partial charge < -0.3 is 15.8 Å². The fourth-order valence-electron chi connectivity index (χ4n) is 2.99. The molecule has 1 saturated carbocycles. The highest BCUT2D eigenvalue weighted by molar-refractivity contribution is 5.86. The number of phenols is 1. The molecule has 1 aromatic heterocycles. The van der Waals surface area contributed by atoms with Gasteiger partial charge >= 0.3 is 6.18 Å². The first-order valence-electron chi connectivity index (χ1n) is 8.89. The van der Waals surface area contributed by atoms with Crippen LogP contribution >= 0.6 is 0 Å². The zero-order valence-corrected chi connectivity index (χ0v) is 15.2. The summed E-state index contributed by atoms with van der Waals surface area (Å²) in [5, 5.41) is 20.2. The van der Waals surface area contributed by atoms with Gasteiger partial charge in [-0.05, 0) is 37.0 Å². The Labute approximate surface area is 159 Å². The van der Waals surface area contributed by atoms with E-state index in [1.165, 1.54) is 12.8 Å². The Morgan fingerprint density at radius 3 is 2.61 bits per heavy atom. The highest BCUT2D eigenvalue weighted by Gasteiger charge is 2.30. The summed E-state index contributed by atoms with van der Waals surface area (Å²) in [6, 6.07) is 1.56. The minimum absolute atomic E-state index is 0.0878. The summed E-state index contributed by atoms with van der Waals surface area (Å²) in [5.74, 6) is -1.01. The number of nitrogens with zero attached hydrogens (tertiary/aromatic N) is 2. The fourth-order valence-corrected chi connectivity index (χ4v) is 2.99. The molecule has 1 heterocycles. The van der Waals surface area contributed by atoms with Crippen LogP contribution in [0.25, 0.3) is 11.4 Å². The normalized spacial score (nSPS) is 14.2. The van der Waals surface area contributed by atoms with Gasteiger partial charge in [0, 0.05) is 18.3 Å². The lowest BCUT2D eigenvalue weighted by Gasteiger charge is -2.15. The van der Waals surface area contributed by atoms with Crippen LogP contribution in [0.15, 0.2) is 12.1 Å². The third kappa shape index (κ3) is 4.76. The molecule has 0 atom stereocenters. The van der Waals surface area contributed by atoms with E-state index in [4.69, 9.17) is 5.41 Å². The van der Waals surface area contributed by atoms with Crippen molar-refractivity contribution in [1.82, 2.24) is 9.97 Å². The Balaban J connectivity index is 2.03. The van der Waals surface area contributed by atoms with Crippen molar-refractivity contribution in [2.75, 3.05) is 11.9 Å². The number of nitrogens with one attached hydrogen (secondary N) is 2. The number of aryl methyl sites for hydroxylation is 1. The van der Waals surface area contributed by atoms with Gasteiger partial charge in [0.1, 0.15) is 5.82 Å². The zero-order chi connectivity index (χ0) is 20.5. The molecule has 5 nitrogen and oxygen atoms in total. The number of rotatable bonds is 7. The first-order chi connectivity index (χ1) is 13.2. The summed E-state index contributed by atoms with van der Waals surface area (Å²) in [6.45, 7) is 2.22. The molecule has 1 aliphatic rings. The molecule has 3 rings (SSSR count). The summed E-state index contributed by atoms with van der Waals surface area (Å²) >= 11 is 0. The second kappa shape index (κ2) is 7.73. The van der Waals surface area contributed by atoms with Crippen LogP contribution in [0, 0.1) is 24.1 Å². The van der Waals surface area contributed by atoms with E-state index >= 15 is 0 Å². The van der Waals surface area contributed by atoms with E-state index in [2.05, 4.69) is 15.3 Å². The van der Waals surface area contributed by atoms with Crippen LogP contribution in [-0.4, -0.2) is 34.0 Å². The average Bonchev–Trinajstić information content (AvgIpc) is 3.40. The van der Waals surface area contributed by atoms with Crippen molar-refractivity contribution in [3.63, 3.8) is 0 Å². The van der Waals surface area contributed by atoms with E-state index < -0.39 is 24.2 Å². The van der Waals surface area contributed by atoms with Crippen LogP contribution in [-0.2, 0) is 6.42 Å². The molecule has 1 fully saturated rings. The monoisotopic (exact) mass is 396 g/mol. The third-order valence-electron chi connectivity index (χ3n) is 4.63. The Morgan fingerprint density at radius 2 is 2.00 bits per heavy atom. The molecule has 0 bridgehead atoms. The van der Waals surface area contributed by atoms with Crippen molar-refractivity contribution in [2.45, 2.75) is 38.8 Å². The van der Waals surface area contributed by atoms with E-state index in [9.17, 15) is 22.7 Å². The van der Waals surface area contributed by atoms with E-state index in [1.807, 2.05) is 0 Å². The van der Waals surface area contributed by atoms with Crippen molar-refractivity contribution in [3.8, 4) is 17.1 Å². The van der Waals surface area contributed by atoms with Gasteiger partial charge in [0.05, 0.1) is 17.7 Å².